The molecule has 1 fully saturated rings. The Labute approximate surface area is 162 Å². The summed E-state index contributed by atoms with van der Waals surface area (Å²) in [7, 11) is -3.27. The Morgan fingerprint density at radius 2 is 2.18 bits per heavy atom. The van der Waals surface area contributed by atoms with Crippen LogP contribution in [0.2, 0.25) is 0 Å². The molecule has 0 spiro atoms. The number of non-ortho nitro benzene ring substituents is 1. The number of nitro benzene ring substituents is 1. The van der Waals surface area contributed by atoms with Crippen LogP contribution in [0.3, 0.4) is 0 Å². The molecule has 10 nitrogen and oxygen atoms in total. The molecule has 11 heteroatoms. The highest BCUT2D eigenvalue weighted by Gasteiger charge is 2.26. The van der Waals surface area contributed by atoms with Gasteiger partial charge in [0.1, 0.15) is 0 Å². The first kappa shape index (κ1) is 20.0. The van der Waals surface area contributed by atoms with Crippen molar-refractivity contribution in [3.8, 4) is 5.69 Å². The second-order valence-electron chi connectivity index (χ2n) is 6.80. The summed E-state index contributed by atoms with van der Waals surface area (Å²) in [4.78, 5) is 24.9. The molecule has 1 saturated heterocycles. The van der Waals surface area contributed by atoms with Crippen molar-refractivity contribution in [1.29, 1.82) is 0 Å². The number of nitrogens with one attached hydrogen (secondary N) is 1. The van der Waals surface area contributed by atoms with Crippen LogP contribution in [0.25, 0.3) is 5.69 Å². The minimum Gasteiger partial charge on any atom is -0.337 e. The predicted octanol–water partition coefficient (Wildman–Crippen LogP) is 1.18. The van der Waals surface area contributed by atoms with E-state index in [0.717, 1.165) is 19.1 Å². The second kappa shape index (κ2) is 8.07. The SMILES string of the molecule is CS(=O)(=O)NCC1CCCN(C(=O)c2ccn(-c3cccc([N+](=O)[O-])c3)n2)C1. The van der Waals surface area contributed by atoms with Crippen molar-refractivity contribution >= 4 is 21.6 Å². The maximum atomic E-state index is 12.8. The Morgan fingerprint density at radius 3 is 2.89 bits per heavy atom. The van der Waals surface area contributed by atoms with Gasteiger partial charge in [-0.05, 0) is 30.9 Å². The van der Waals surface area contributed by atoms with Crippen LogP contribution >= 0.6 is 0 Å². The first-order chi connectivity index (χ1) is 13.2. The van der Waals surface area contributed by atoms with Crippen LogP contribution in [-0.2, 0) is 10.0 Å². The predicted molar refractivity (Wildman–Crippen MR) is 102 cm³/mol. The Bertz CT molecular complexity index is 987. The van der Waals surface area contributed by atoms with E-state index in [1.807, 2.05) is 0 Å². The molecule has 1 aliphatic heterocycles. The van der Waals surface area contributed by atoms with Crippen molar-refractivity contribution in [2.45, 2.75) is 12.8 Å². The molecular formula is C17H21N5O5S. The van der Waals surface area contributed by atoms with Crippen LogP contribution in [0.15, 0.2) is 36.5 Å². The fraction of sp³-hybridized carbons (Fsp3) is 0.412. The maximum Gasteiger partial charge on any atom is 0.274 e. The molecule has 2 heterocycles. The number of sulfonamides is 1. The quantitative estimate of drug-likeness (QED) is 0.566. The minimum absolute atomic E-state index is 0.0475. The number of carbonyl (C=O) groups excluding carboxylic acids is 1. The first-order valence-corrected chi connectivity index (χ1v) is 10.7. The van der Waals surface area contributed by atoms with Gasteiger partial charge in [-0.3, -0.25) is 14.9 Å². The molecule has 1 aromatic heterocycles. The van der Waals surface area contributed by atoms with E-state index in [4.69, 9.17) is 0 Å². The van der Waals surface area contributed by atoms with Gasteiger partial charge in [0, 0.05) is 38.0 Å². The number of piperidine rings is 1. The number of benzene rings is 1. The third-order valence-corrected chi connectivity index (χ3v) is 5.24. The average Bonchev–Trinajstić information content (AvgIpc) is 3.16. The molecule has 1 aliphatic rings. The van der Waals surface area contributed by atoms with Crippen LogP contribution in [-0.4, -0.2) is 59.8 Å². The van der Waals surface area contributed by atoms with Crippen LogP contribution in [0.5, 0.6) is 0 Å². The normalized spacial score (nSPS) is 17.5. The van der Waals surface area contributed by atoms with E-state index in [0.29, 0.717) is 25.3 Å². The Balaban J connectivity index is 1.70. The molecule has 1 unspecified atom stereocenters. The molecule has 0 radical (unpaired) electrons. The second-order valence-corrected chi connectivity index (χ2v) is 8.64. The van der Waals surface area contributed by atoms with Crippen molar-refractivity contribution in [2.75, 3.05) is 25.9 Å². The zero-order chi connectivity index (χ0) is 20.3. The van der Waals surface area contributed by atoms with E-state index in [-0.39, 0.29) is 23.2 Å². The largest absolute Gasteiger partial charge is 0.337 e. The number of carbonyl (C=O) groups is 1. The van der Waals surface area contributed by atoms with Crippen LogP contribution < -0.4 is 4.72 Å². The van der Waals surface area contributed by atoms with E-state index < -0.39 is 14.9 Å². The highest BCUT2D eigenvalue weighted by molar-refractivity contribution is 7.88. The molecule has 0 aliphatic carbocycles. The summed E-state index contributed by atoms with van der Waals surface area (Å²) in [5.41, 5.74) is 0.670. The highest BCUT2D eigenvalue weighted by Crippen LogP contribution is 2.19. The molecule has 0 bridgehead atoms. The molecule has 28 heavy (non-hydrogen) atoms. The first-order valence-electron chi connectivity index (χ1n) is 8.77. The molecule has 1 N–H and O–H groups in total. The van der Waals surface area contributed by atoms with Gasteiger partial charge in [-0.25, -0.2) is 17.8 Å². The summed E-state index contributed by atoms with van der Waals surface area (Å²) in [5.74, 6) is -0.195. The number of amides is 1. The van der Waals surface area contributed by atoms with Gasteiger partial charge in [0.15, 0.2) is 5.69 Å². The summed E-state index contributed by atoms with van der Waals surface area (Å²) in [6.07, 6.45) is 4.32. The third kappa shape index (κ3) is 4.93. The van der Waals surface area contributed by atoms with E-state index in [9.17, 15) is 23.3 Å². The summed E-state index contributed by atoms with van der Waals surface area (Å²) >= 11 is 0. The van der Waals surface area contributed by atoms with Crippen molar-refractivity contribution in [2.24, 2.45) is 5.92 Å². The van der Waals surface area contributed by atoms with Gasteiger partial charge < -0.3 is 4.90 Å². The van der Waals surface area contributed by atoms with Crippen molar-refractivity contribution in [3.05, 3.63) is 52.3 Å². The lowest BCUT2D eigenvalue weighted by atomic mass is 9.98. The maximum absolute atomic E-state index is 12.8. The zero-order valence-corrected chi connectivity index (χ0v) is 16.1. The topological polar surface area (TPSA) is 127 Å². The molecule has 1 aromatic carbocycles. The number of rotatable bonds is 6. The number of nitro groups is 1. The number of hydrogen-bond acceptors (Lipinski definition) is 6. The molecular weight excluding hydrogens is 386 g/mol. The van der Waals surface area contributed by atoms with Gasteiger partial charge in [-0.1, -0.05) is 6.07 Å². The number of nitrogens with zero attached hydrogens (tertiary/aromatic N) is 4. The van der Waals surface area contributed by atoms with Crippen LogP contribution in [0.4, 0.5) is 5.69 Å². The van der Waals surface area contributed by atoms with E-state index >= 15 is 0 Å². The number of likely N-dealkylation sites (tertiary alicyclic amines) is 1. The summed E-state index contributed by atoms with van der Waals surface area (Å²) in [6, 6.07) is 7.56. The highest BCUT2D eigenvalue weighted by atomic mass is 32.2. The lowest BCUT2D eigenvalue weighted by molar-refractivity contribution is -0.384. The van der Waals surface area contributed by atoms with Crippen molar-refractivity contribution in [3.63, 3.8) is 0 Å². The molecule has 1 amide bonds. The molecule has 2 aromatic rings. The summed E-state index contributed by atoms with van der Waals surface area (Å²) in [6.45, 7) is 1.33. The molecule has 1 atom stereocenters. The smallest absolute Gasteiger partial charge is 0.274 e. The van der Waals surface area contributed by atoms with Crippen LogP contribution in [0, 0.1) is 16.0 Å². The van der Waals surface area contributed by atoms with Crippen molar-refractivity contribution in [1.82, 2.24) is 19.4 Å². The van der Waals surface area contributed by atoms with E-state index in [1.165, 1.54) is 16.8 Å². The lowest BCUT2D eigenvalue weighted by Crippen LogP contribution is -2.43. The molecule has 3 rings (SSSR count). The molecule has 0 saturated carbocycles. The summed E-state index contributed by atoms with van der Waals surface area (Å²) in [5, 5.41) is 15.2. The van der Waals surface area contributed by atoms with Gasteiger partial charge >= 0.3 is 0 Å². The number of hydrogen-bond donors (Lipinski definition) is 1. The fourth-order valence-electron chi connectivity index (χ4n) is 3.18. The van der Waals surface area contributed by atoms with Gasteiger partial charge in [0.2, 0.25) is 10.0 Å². The Morgan fingerprint density at radius 1 is 1.39 bits per heavy atom. The van der Waals surface area contributed by atoms with E-state index in [2.05, 4.69) is 9.82 Å². The molecule has 150 valence electrons. The fourth-order valence-corrected chi connectivity index (χ4v) is 3.72. The van der Waals surface area contributed by atoms with Crippen molar-refractivity contribution < 1.29 is 18.1 Å². The standard InChI is InChI=1S/C17H21N5O5S/c1-28(26,27)18-11-13-4-3-8-20(12-13)17(23)16-7-9-21(19-16)14-5-2-6-15(10-14)22(24)25/h2,5-7,9-10,13,18H,3-4,8,11-12H2,1H3. The van der Waals surface area contributed by atoms with Gasteiger partial charge in [0.25, 0.3) is 11.6 Å². The minimum atomic E-state index is -3.27. The average molecular weight is 407 g/mol. The Kier molecular flexibility index (Phi) is 5.75. The number of aromatic nitrogens is 2. The third-order valence-electron chi connectivity index (χ3n) is 4.55. The zero-order valence-electron chi connectivity index (χ0n) is 15.3. The van der Waals surface area contributed by atoms with Gasteiger partial charge in [-0.15, -0.1) is 0 Å². The van der Waals surface area contributed by atoms with Gasteiger partial charge in [-0.2, -0.15) is 5.10 Å². The monoisotopic (exact) mass is 407 g/mol. The summed E-state index contributed by atoms with van der Waals surface area (Å²) < 4.78 is 26.4. The lowest BCUT2D eigenvalue weighted by Gasteiger charge is -2.32. The van der Waals surface area contributed by atoms with Crippen LogP contribution in [0.1, 0.15) is 23.3 Å². The Hall–Kier alpha value is -2.79. The van der Waals surface area contributed by atoms with E-state index in [1.54, 1.807) is 29.3 Å². The van der Waals surface area contributed by atoms with Gasteiger partial charge in [0.05, 0.1) is 16.9 Å².